The molecule has 0 aromatic heterocycles. The maximum atomic E-state index is 9.63. The fourth-order valence-electron chi connectivity index (χ4n) is 1.46. The third kappa shape index (κ3) is 1.92. The number of aliphatic hydroxyl groups excluding tert-OH is 1. The molecule has 1 atom stereocenters. The van der Waals surface area contributed by atoms with Gasteiger partial charge in [0, 0.05) is 19.1 Å². The normalized spacial score (nSPS) is 33.5. The van der Waals surface area contributed by atoms with Crippen molar-refractivity contribution in [3.05, 3.63) is 0 Å². The van der Waals surface area contributed by atoms with Crippen LogP contribution in [0.15, 0.2) is 0 Å². The van der Waals surface area contributed by atoms with Crippen molar-refractivity contribution in [1.82, 2.24) is 4.90 Å². The second-order valence-corrected chi connectivity index (χ2v) is 3.70. The lowest BCUT2D eigenvalue weighted by atomic mass is 10.1. The molecule has 11 heavy (non-hydrogen) atoms. The molecule has 1 rings (SSSR count). The molecule has 1 saturated heterocycles. The standard InChI is InChI=1S/C8H17NO2/c1-7(2)9-4-3-8(11,5-9)6-10/h7,10-11H,3-6H2,1-2H3. The molecule has 0 aromatic rings. The zero-order valence-electron chi connectivity index (χ0n) is 7.25. The molecule has 0 bridgehead atoms. The van der Waals surface area contributed by atoms with Gasteiger partial charge in [-0.1, -0.05) is 0 Å². The number of nitrogens with zero attached hydrogens (tertiary/aromatic N) is 1. The largest absolute Gasteiger partial charge is 0.393 e. The fourth-order valence-corrected chi connectivity index (χ4v) is 1.46. The summed E-state index contributed by atoms with van der Waals surface area (Å²) in [4.78, 5) is 2.18. The molecule has 0 saturated carbocycles. The highest BCUT2D eigenvalue weighted by Crippen LogP contribution is 2.21. The number of hydrogen-bond acceptors (Lipinski definition) is 3. The smallest absolute Gasteiger partial charge is 0.102 e. The van der Waals surface area contributed by atoms with Gasteiger partial charge in [0.1, 0.15) is 5.60 Å². The molecule has 1 unspecified atom stereocenters. The summed E-state index contributed by atoms with van der Waals surface area (Å²) >= 11 is 0. The summed E-state index contributed by atoms with van der Waals surface area (Å²) in [7, 11) is 0. The van der Waals surface area contributed by atoms with E-state index in [1.807, 2.05) is 0 Å². The van der Waals surface area contributed by atoms with Crippen LogP contribution in [-0.2, 0) is 0 Å². The predicted molar refractivity (Wildman–Crippen MR) is 43.4 cm³/mol. The minimum atomic E-state index is -0.829. The fraction of sp³-hybridized carbons (Fsp3) is 1.00. The molecule has 0 radical (unpaired) electrons. The zero-order valence-corrected chi connectivity index (χ0v) is 7.25. The first-order valence-corrected chi connectivity index (χ1v) is 4.15. The third-order valence-corrected chi connectivity index (χ3v) is 2.39. The van der Waals surface area contributed by atoms with Gasteiger partial charge in [-0.25, -0.2) is 0 Å². The van der Waals surface area contributed by atoms with E-state index < -0.39 is 5.60 Å². The Hall–Kier alpha value is -0.120. The minimum absolute atomic E-state index is 0.115. The first-order valence-electron chi connectivity index (χ1n) is 4.15. The van der Waals surface area contributed by atoms with Crippen molar-refractivity contribution in [2.75, 3.05) is 19.7 Å². The second kappa shape index (κ2) is 3.09. The maximum absolute atomic E-state index is 9.63. The molecule has 0 spiro atoms. The van der Waals surface area contributed by atoms with Crippen molar-refractivity contribution < 1.29 is 10.2 Å². The minimum Gasteiger partial charge on any atom is -0.393 e. The number of aliphatic hydroxyl groups is 2. The van der Waals surface area contributed by atoms with Crippen LogP contribution < -0.4 is 0 Å². The highest BCUT2D eigenvalue weighted by Gasteiger charge is 2.35. The molecular weight excluding hydrogens is 142 g/mol. The van der Waals surface area contributed by atoms with Gasteiger partial charge in [-0.05, 0) is 20.3 Å². The van der Waals surface area contributed by atoms with Crippen LogP contribution >= 0.6 is 0 Å². The number of likely N-dealkylation sites (tertiary alicyclic amines) is 1. The molecule has 1 heterocycles. The quantitative estimate of drug-likeness (QED) is 0.587. The Kier molecular flexibility index (Phi) is 2.52. The zero-order chi connectivity index (χ0) is 8.48. The average Bonchev–Trinajstić information content (AvgIpc) is 2.33. The molecule has 1 fully saturated rings. The van der Waals surface area contributed by atoms with Crippen LogP contribution in [0.2, 0.25) is 0 Å². The lowest BCUT2D eigenvalue weighted by molar-refractivity contribution is -0.00738. The Balaban J connectivity index is 2.46. The van der Waals surface area contributed by atoms with Crippen molar-refractivity contribution in [2.24, 2.45) is 0 Å². The summed E-state index contributed by atoms with van der Waals surface area (Å²) < 4.78 is 0. The number of β-amino-alcohol motifs (C(OH)–C–C–N with tert-alkyl or cyclic N) is 1. The summed E-state index contributed by atoms with van der Waals surface area (Å²) in [6.07, 6.45) is 0.696. The molecule has 1 aliphatic heterocycles. The monoisotopic (exact) mass is 159 g/mol. The van der Waals surface area contributed by atoms with Crippen LogP contribution in [-0.4, -0.2) is 46.5 Å². The molecule has 3 heteroatoms. The van der Waals surface area contributed by atoms with Crippen molar-refractivity contribution >= 4 is 0 Å². The van der Waals surface area contributed by atoms with Crippen LogP contribution in [0.4, 0.5) is 0 Å². The van der Waals surface area contributed by atoms with Crippen LogP contribution in [0, 0.1) is 0 Å². The second-order valence-electron chi connectivity index (χ2n) is 3.70. The average molecular weight is 159 g/mol. The van der Waals surface area contributed by atoms with E-state index in [4.69, 9.17) is 5.11 Å². The Morgan fingerprint density at radius 2 is 2.18 bits per heavy atom. The molecular formula is C8H17NO2. The van der Waals surface area contributed by atoms with Gasteiger partial charge >= 0.3 is 0 Å². The van der Waals surface area contributed by atoms with Crippen molar-refractivity contribution in [3.8, 4) is 0 Å². The van der Waals surface area contributed by atoms with Crippen LogP contribution in [0.1, 0.15) is 20.3 Å². The number of rotatable bonds is 2. The van der Waals surface area contributed by atoms with Crippen LogP contribution in [0.3, 0.4) is 0 Å². The van der Waals surface area contributed by atoms with E-state index in [1.165, 1.54) is 0 Å². The molecule has 66 valence electrons. The van der Waals surface area contributed by atoms with E-state index in [2.05, 4.69) is 18.7 Å². The van der Waals surface area contributed by atoms with E-state index >= 15 is 0 Å². The lowest BCUT2D eigenvalue weighted by Gasteiger charge is -2.23. The Bertz CT molecular complexity index is 138. The van der Waals surface area contributed by atoms with Crippen molar-refractivity contribution in [2.45, 2.75) is 31.9 Å². The van der Waals surface area contributed by atoms with E-state index in [-0.39, 0.29) is 6.61 Å². The van der Waals surface area contributed by atoms with Crippen LogP contribution in [0.25, 0.3) is 0 Å². The van der Waals surface area contributed by atoms with E-state index in [1.54, 1.807) is 0 Å². The summed E-state index contributed by atoms with van der Waals surface area (Å²) in [6.45, 7) is 5.60. The lowest BCUT2D eigenvalue weighted by Crippen LogP contribution is -2.38. The van der Waals surface area contributed by atoms with Gasteiger partial charge in [0.05, 0.1) is 6.61 Å². The highest BCUT2D eigenvalue weighted by molar-refractivity contribution is 4.90. The molecule has 1 aliphatic rings. The summed E-state index contributed by atoms with van der Waals surface area (Å²) in [5, 5.41) is 18.5. The summed E-state index contributed by atoms with van der Waals surface area (Å²) in [5.74, 6) is 0. The molecule has 0 aromatic carbocycles. The Morgan fingerprint density at radius 1 is 1.55 bits per heavy atom. The highest BCUT2D eigenvalue weighted by atomic mass is 16.3. The SMILES string of the molecule is CC(C)N1CCC(O)(CO)C1. The molecule has 2 N–H and O–H groups in total. The summed E-state index contributed by atoms with van der Waals surface area (Å²) in [5.41, 5.74) is -0.829. The first kappa shape index (κ1) is 8.97. The van der Waals surface area contributed by atoms with E-state index in [0.717, 1.165) is 6.54 Å². The van der Waals surface area contributed by atoms with Gasteiger partial charge in [0.15, 0.2) is 0 Å². The van der Waals surface area contributed by atoms with Gasteiger partial charge in [0.2, 0.25) is 0 Å². The Labute approximate surface area is 67.6 Å². The molecule has 0 aliphatic carbocycles. The van der Waals surface area contributed by atoms with Crippen LogP contribution in [0.5, 0.6) is 0 Å². The third-order valence-electron chi connectivity index (χ3n) is 2.39. The topological polar surface area (TPSA) is 43.7 Å². The molecule has 0 amide bonds. The van der Waals surface area contributed by atoms with E-state index in [9.17, 15) is 5.11 Å². The van der Waals surface area contributed by atoms with Gasteiger partial charge in [-0.2, -0.15) is 0 Å². The van der Waals surface area contributed by atoms with Gasteiger partial charge in [-0.3, -0.25) is 4.90 Å². The number of hydrogen-bond donors (Lipinski definition) is 2. The maximum Gasteiger partial charge on any atom is 0.102 e. The van der Waals surface area contributed by atoms with Gasteiger partial charge in [-0.15, -0.1) is 0 Å². The first-order chi connectivity index (χ1) is 5.07. The summed E-state index contributed by atoms with van der Waals surface area (Å²) in [6, 6.07) is 0.468. The Morgan fingerprint density at radius 3 is 2.45 bits per heavy atom. The van der Waals surface area contributed by atoms with Gasteiger partial charge < -0.3 is 10.2 Å². The predicted octanol–water partition coefficient (Wildman–Crippen LogP) is -0.176. The van der Waals surface area contributed by atoms with Crippen molar-refractivity contribution in [3.63, 3.8) is 0 Å². The van der Waals surface area contributed by atoms with E-state index in [0.29, 0.717) is 19.0 Å². The molecule has 3 nitrogen and oxygen atoms in total. The van der Waals surface area contributed by atoms with Gasteiger partial charge in [0.25, 0.3) is 0 Å². The van der Waals surface area contributed by atoms with Crippen molar-refractivity contribution in [1.29, 1.82) is 0 Å².